The Labute approximate surface area is 122 Å². The molecule has 4 nitrogen and oxygen atoms in total. The molecule has 1 N–H and O–H groups in total. The molecule has 0 saturated heterocycles. The van der Waals surface area contributed by atoms with Crippen LogP contribution in [0.5, 0.6) is 0 Å². The Morgan fingerprint density at radius 1 is 1.48 bits per heavy atom. The molecule has 2 aromatic rings. The molecule has 5 heteroatoms. The van der Waals surface area contributed by atoms with Crippen molar-refractivity contribution in [3.8, 4) is 5.69 Å². The van der Waals surface area contributed by atoms with Gasteiger partial charge in [-0.15, -0.1) is 0 Å². The molecule has 1 heterocycles. The number of hydrogen-bond donors (Lipinski definition) is 1. The van der Waals surface area contributed by atoms with Gasteiger partial charge in [0.15, 0.2) is 5.69 Å². The first-order chi connectivity index (χ1) is 9.97. The third-order valence-electron chi connectivity index (χ3n) is 4.05. The summed E-state index contributed by atoms with van der Waals surface area (Å²) in [6.45, 7) is 3.91. The van der Waals surface area contributed by atoms with Crippen LogP contribution in [0.2, 0.25) is 0 Å². The summed E-state index contributed by atoms with van der Waals surface area (Å²) in [6, 6.07) is 4.90. The number of rotatable bonds is 2. The van der Waals surface area contributed by atoms with Gasteiger partial charge in [-0.3, -0.25) is 0 Å². The van der Waals surface area contributed by atoms with Gasteiger partial charge in [-0.1, -0.05) is 13.0 Å². The number of fused-ring (bicyclic) bond motifs is 1. The number of aromatic carboxylic acids is 1. The third-order valence-corrected chi connectivity index (χ3v) is 4.05. The van der Waals surface area contributed by atoms with E-state index in [9.17, 15) is 14.3 Å². The number of nitrogens with zero attached hydrogens (tertiary/aromatic N) is 2. The first kappa shape index (κ1) is 13.8. The lowest BCUT2D eigenvalue weighted by Gasteiger charge is -2.19. The number of benzene rings is 1. The van der Waals surface area contributed by atoms with Crippen LogP contribution in [0.25, 0.3) is 5.69 Å². The quantitative estimate of drug-likeness (QED) is 0.923. The molecule has 0 radical (unpaired) electrons. The van der Waals surface area contributed by atoms with E-state index in [1.54, 1.807) is 12.1 Å². The summed E-state index contributed by atoms with van der Waals surface area (Å²) in [5.41, 5.74) is 2.77. The van der Waals surface area contributed by atoms with Crippen molar-refractivity contribution in [3.05, 3.63) is 46.5 Å². The van der Waals surface area contributed by atoms with E-state index in [-0.39, 0.29) is 11.5 Å². The fraction of sp³-hybridized carbons (Fsp3) is 0.375. The number of carboxylic acid groups (broad SMARTS) is 1. The van der Waals surface area contributed by atoms with E-state index in [0.29, 0.717) is 18.0 Å². The normalized spacial score (nSPS) is 17.6. The van der Waals surface area contributed by atoms with Crippen molar-refractivity contribution in [2.75, 3.05) is 0 Å². The summed E-state index contributed by atoms with van der Waals surface area (Å²) in [5, 5.41) is 13.5. The van der Waals surface area contributed by atoms with Crippen LogP contribution in [0.4, 0.5) is 4.39 Å². The van der Waals surface area contributed by atoms with E-state index in [4.69, 9.17) is 0 Å². The molecule has 21 heavy (non-hydrogen) atoms. The lowest BCUT2D eigenvalue weighted by Crippen LogP contribution is -2.15. The highest BCUT2D eigenvalue weighted by atomic mass is 19.1. The van der Waals surface area contributed by atoms with Crippen molar-refractivity contribution in [1.82, 2.24) is 9.78 Å². The van der Waals surface area contributed by atoms with E-state index in [2.05, 4.69) is 12.0 Å². The molecule has 1 aliphatic carbocycles. The number of carboxylic acids is 1. The molecule has 0 amide bonds. The summed E-state index contributed by atoms with van der Waals surface area (Å²) in [5.74, 6) is -1.00. The Morgan fingerprint density at radius 2 is 2.24 bits per heavy atom. The highest BCUT2D eigenvalue weighted by Gasteiger charge is 2.28. The fourth-order valence-corrected chi connectivity index (χ4v) is 2.94. The average Bonchev–Trinajstić information content (AvgIpc) is 2.77. The summed E-state index contributed by atoms with van der Waals surface area (Å²) < 4.78 is 15.7. The van der Waals surface area contributed by atoms with Crippen LogP contribution >= 0.6 is 0 Å². The Morgan fingerprint density at radius 3 is 2.90 bits per heavy atom. The van der Waals surface area contributed by atoms with E-state index >= 15 is 0 Å². The first-order valence-corrected chi connectivity index (χ1v) is 7.08. The highest BCUT2D eigenvalue weighted by molar-refractivity contribution is 5.87. The molecule has 1 aliphatic rings. The number of halogens is 1. The molecule has 1 atom stereocenters. The van der Waals surface area contributed by atoms with Crippen molar-refractivity contribution >= 4 is 5.97 Å². The van der Waals surface area contributed by atoms with E-state index < -0.39 is 5.97 Å². The van der Waals surface area contributed by atoms with Crippen molar-refractivity contribution in [1.29, 1.82) is 0 Å². The molecule has 1 aromatic heterocycles. The summed E-state index contributed by atoms with van der Waals surface area (Å²) in [7, 11) is 0. The van der Waals surface area contributed by atoms with E-state index in [1.165, 1.54) is 10.7 Å². The monoisotopic (exact) mass is 288 g/mol. The molecule has 0 aliphatic heterocycles. The van der Waals surface area contributed by atoms with Crippen LogP contribution in [0.1, 0.15) is 40.7 Å². The van der Waals surface area contributed by atoms with E-state index in [0.717, 1.165) is 29.7 Å². The summed E-state index contributed by atoms with van der Waals surface area (Å²) in [6.07, 6.45) is 2.37. The molecule has 3 rings (SSSR count). The lowest BCUT2D eigenvalue weighted by atomic mass is 9.87. The first-order valence-electron chi connectivity index (χ1n) is 7.08. The van der Waals surface area contributed by atoms with Crippen LogP contribution in [-0.4, -0.2) is 20.9 Å². The van der Waals surface area contributed by atoms with Crippen LogP contribution in [-0.2, 0) is 12.8 Å². The van der Waals surface area contributed by atoms with Gasteiger partial charge in [0.05, 0.1) is 0 Å². The van der Waals surface area contributed by atoms with Crippen LogP contribution in [0.15, 0.2) is 18.2 Å². The largest absolute Gasteiger partial charge is 0.476 e. The molecule has 0 bridgehead atoms. The van der Waals surface area contributed by atoms with Crippen molar-refractivity contribution in [2.45, 2.75) is 33.1 Å². The summed E-state index contributed by atoms with van der Waals surface area (Å²) >= 11 is 0. The lowest BCUT2D eigenvalue weighted by molar-refractivity contribution is 0.0688. The number of aryl methyl sites for hydroxylation is 1. The standard InChI is InChI=1S/C16H17FN2O2/c1-9-3-5-13-11(7-9)15(16(20)21)18-19(13)14-6-4-10(2)8-12(14)17/h4,6,8-9H,3,5,7H2,1-2H3,(H,20,21). The highest BCUT2D eigenvalue weighted by Crippen LogP contribution is 2.30. The van der Waals surface area contributed by atoms with Gasteiger partial charge in [-0.05, 0) is 49.8 Å². The number of aromatic nitrogens is 2. The second-order valence-electron chi connectivity index (χ2n) is 5.79. The minimum Gasteiger partial charge on any atom is -0.476 e. The smallest absolute Gasteiger partial charge is 0.356 e. The average molecular weight is 288 g/mol. The molecule has 0 fully saturated rings. The van der Waals surface area contributed by atoms with Crippen LogP contribution in [0.3, 0.4) is 0 Å². The summed E-state index contributed by atoms with van der Waals surface area (Å²) in [4.78, 5) is 11.4. The van der Waals surface area contributed by atoms with Gasteiger partial charge in [0.1, 0.15) is 11.5 Å². The van der Waals surface area contributed by atoms with Gasteiger partial charge < -0.3 is 5.11 Å². The second-order valence-corrected chi connectivity index (χ2v) is 5.79. The zero-order valence-electron chi connectivity index (χ0n) is 12.1. The zero-order chi connectivity index (χ0) is 15.1. The molecular formula is C16H17FN2O2. The van der Waals surface area contributed by atoms with Gasteiger partial charge in [0, 0.05) is 11.3 Å². The van der Waals surface area contributed by atoms with Crippen molar-refractivity contribution in [3.63, 3.8) is 0 Å². The Kier molecular flexibility index (Phi) is 3.27. The van der Waals surface area contributed by atoms with Gasteiger partial charge in [-0.2, -0.15) is 5.10 Å². The van der Waals surface area contributed by atoms with Crippen LogP contribution in [0, 0.1) is 18.7 Å². The fourth-order valence-electron chi connectivity index (χ4n) is 2.94. The molecule has 0 saturated carbocycles. The minimum absolute atomic E-state index is 0.0523. The minimum atomic E-state index is -1.05. The maximum absolute atomic E-state index is 14.2. The van der Waals surface area contributed by atoms with Crippen molar-refractivity contribution < 1.29 is 14.3 Å². The second kappa shape index (κ2) is 4.98. The van der Waals surface area contributed by atoms with Gasteiger partial charge in [-0.25, -0.2) is 13.9 Å². The predicted octanol–water partition coefficient (Wildman–Crippen LogP) is 3.14. The van der Waals surface area contributed by atoms with E-state index in [1.807, 2.05) is 6.92 Å². The Bertz CT molecular complexity index is 721. The number of carbonyl (C=O) groups is 1. The molecule has 0 spiro atoms. The SMILES string of the molecule is Cc1ccc(-n2nc(C(=O)O)c3c2CCC(C)C3)c(F)c1. The molecule has 110 valence electrons. The third kappa shape index (κ3) is 2.33. The maximum atomic E-state index is 14.2. The van der Waals surface area contributed by atoms with Gasteiger partial charge >= 0.3 is 5.97 Å². The van der Waals surface area contributed by atoms with Gasteiger partial charge in [0.25, 0.3) is 0 Å². The van der Waals surface area contributed by atoms with Gasteiger partial charge in [0.2, 0.25) is 0 Å². The van der Waals surface area contributed by atoms with Crippen LogP contribution < -0.4 is 0 Å². The zero-order valence-corrected chi connectivity index (χ0v) is 12.1. The topological polar surface area (TPSA) is 55.1 Å². The molecule has 1 unspecified atom stereocenters. The predicted molar refractivity (Wildman–Crippen MR) is 76.4 cm³/mol. The maximum Gasteiger partial charge on any atom is 0.356 e. The number of hydrogen-bond acceptors (Lipinski definition) is 2. The van der Waals surface area contributed by atoms with Crippen molar-refractivity contribution in [2.24, 2.45) is 5.92 Å². The Balaban J connectivity index is 2.19. The molecule has 1 aromatic carbocycles. The molecular weight excluding hydrogens is 271 g/mol. The Hall–Kier alpha value is -2.17.